The highest BCUT2D eigenvalue weighted by atomic mass is 32.1. The van der Waals surface area contributed by atoms with E-state index in [2.05, 4.69) is 26.0 Å². The molecule has 0 spiro atoms. The Hall–Kier alpha value is -1.41. The lowest BCUT2D eigenvalue weighted by Gasteiger charge is -2.06. The molecule has 0 aliphatic heterocycles. The second-order valence-electron chi connectivity index (χ2n) is 4.07. The van der Waals surface area contributed by atoms with Crippen molar-refractivity contribution in [1.82, 2.24) is 0 Å². The van der Waals surface area contributed by atoms with Crippen molar-refractivity contribution >= 4 is 17.6 Å². The summed E-state index contributed by atoms with van der Waals surface area (Å²) in [6.45, 7) is 4.32. The first-order chi connectivity index (χ1) is 7.72. The summed E-state index contributed by atoms with van der Waals surface area (Å²) in [5.41, 5.74) is 2.39. The van der Waals surface area contributed by atoms with Gasteiger partial charge in [-0.2, -0.15) is 0 Å². The van der Waals surface area contributed by atoms with Gasteiger partial charge in [-0.05, 0) is 23.1 Å². The summed E-state index contributed by atoms with van der Waals surface area (Å²) in [7, 11) is 0. The standard InChI is InChI=1S/C14H14OS/c1-10(2)14-13(8-12(9-15)16-14)11-6-4-3-5-7-11/h3-10H,1-2H3. The number of benzene rings is 1. The lowest BCUT2D eigenvalue weighted by molar-refractivity contribution is 0.112. The molecule has 0 saturated carbocycles. The van der Waals surface area contributed by atoms with Crippen LogP contribution in [0.2, 0.25) is 0 Å². The number of carbonyl (C=O) groups excluding carboxylic acids is 1. The zero-order chi connectivity index (χ0) is 11.5. The van der Waals surface area contributed by atoms with E-state index in [1.165, 1.54) is 16.0 Å². The van der Waals surface area contributed by atoms with Crippen LogP contribution < -0.4 is 0 Å². The topological polar surface area (TPSA) is 17.1 Å². The number of thiophene rings is 1. The summed E-state index contributed by atoms with van der Waals surface area (Å²) < 4.78 is 0. The molecule has 16 heavy (non-hydrogen) atoms. The first-order valence-electron chi connectivity index (χ1n) is 5.36. The third-order valence-electron chi connectivity index (χ3n) is 2.51. The van der Waals surface area contributed by atoms with Crippen molar-refractivity contribution in [3.63, 3.8) is 0 Å². The van der Waals surface area contributed by atoms with Crippen LogP contribution in [0.1, 0.15) is 34.3 Å². The Morgan fingerprint density at radius 1 is 1.19 bits per heavy atom. The SMILES string of the molecule is CC(C)c1sc(C=O)cc1-c1ccccc1. The fourth-order valence-corrected chi connectivity index (χ4v) is 2.76. The molecule has 0 amide bonds. The molecule has 1 aromatic heterocycles. The second-order valence-corrected chi connectivity index (χ2v) is 5.18. The summed E-state index contributed by atoms with van der Waals surface area (Å²) in [6.07, 6.45) is 0.934. The number of carbonyl (C=O) groups is 1. The molecular weight excluding hydrogens is 216 g/mol. The molecule has 0 saturated heterocycles. The molecule has 0 radical (unpaired) electrons. The van der Waals surface area contributed by atoms with Gasteiger partial charge in [-0.25, -0.2) is 0 Å². The maximum absolute atomic E-state index is 10.8. The van der Waals surface area contributed by atoms with Crippen molar-refractivity contribution in [2.24, 2.45) is 0 Å². The summed E-state index contributed by atoms with van der Waals surface area (Å²) in [5, 5.41) is 0. The fraction of sp³-hybridized carbons (Fsp3) is 0.214. The third-order valence-corrected chi connectivity index (χ3v) is 3.87. The van der Waals surface area contributed by atoms with E-state index < -0.39 is 0 Å². The van der Waals surface area contributed by atoms with E-state index >= 15 is 0 Å². The Labute approximate surface area is 99.8 Å². The molecule has 1 aromatic carbocycles. The van der Waals surface area contributed by atoms with Gasteiger partial charge in [0.15, 0.2) is 6.29 Å². The van der Waals surface area contributed by atoms with Gasteiger partial charge in [-0.15, -0.1) is 11.3 Å². The lowest BCUT2D eigenvalue weighted by Crippen LogP contribution is -1.85. The van der Waals surface area contributed by atoms with Gasteiger partial charge >= 0.3 is 0 Å². The van der Waals surface area contributed by atoms with E-state index in [4.69, 9.17) is 0 Å². The molecule has 0 bridgehead atoms. The maximum atomic E-state index is 10.8. The van der Waals surface area contributed by atoms with Crippen molar-refractivity contribution in [3.8, 4) is 11.1 Å². The molecule has 1 heterocycles. The maximum Gasteiger partial charge on any atom is 0.160 e. The zero-order valence-corrected chi connectivity index (χ0v) is 10.3. The number of aldehydes is 1. The van der Waals surface area contributed by atoms with Crippen molar-refractivity contribution in [3.05, 3.63) is 46.2 Å². The van der Waals surface area contributed by atoms with Crippen molar-refractivity contribution in [2.45, 2.75) is 19.8 Å². The van der Waals surface area contributed by atoms with E-state index in [0.717, 1.165) is 11.2 Å². The van der Waals surface area contributed by atoms with Gasteiger partial charge < -0.3 is 0 Å². The highest BCUT2D eigenvalue weighted by Crippen LogP contribution is 2.35. The first-order valence-corrected chi connectivity index (χ1v) is 6.18. The molecule has 2 rings (SSSR count). The zero-order valence-electron chi connectivity index (χ0n) is 9.44. The Morgan fingerprint density at radius 3 is 2.44 bits per heavy atom. The number of hydrogen-bond acceptors (Lipinski definition) is 2. The quantitative estimate of drug-likeness (QED) is 0.716. The predicted octanol–water partition coefficient (Wildman–Crippen LogP) is 4.35. The molecule has 0 unspecified atom stereocenters. The number of hydrogen-bond donors (Lipinski definition) is 0. The van der Waals surface area contributed by atoms with Crippen LogP contribution in [0.15, 0.2) is 36.4 Å². The summed E-state index contributed by atoms with van der Waals surface area (Å²) >= 11 is 1.59. The van der Waals surface area contributed by atoms with Crippen LogP contribution in [0.4, 0.5) is 0 Å². The van der Waals surface area contributed by atoms with E-state index in [9.17, 15) is 4.79 Å². The van der Waals surface area contributed by atoms with Gasteiger partial charge in [0, 0.05) is 4.88 Å². The molecule has 1 nitrogen and oxygen atoms in total. The largest absolute Gasteiger partial charge is 0.297 e. The monoisotopic (exact) mass is 230 g/mol. The van der Waals surface area contributed by atoms with E-state index in [1.54, 1.807) is 11.3 Å². The Kier molecular flexibility index (Phi) is 3.20. The molecule has 82 valence electrons. The molecule has 0 fully saturated rings. The van der Waals surface area contributed by atoms with Crippen LogP contribution in [0, 0.1) is 0 Å². The van der Waals surface area contributed by atoms with Crippen molar-refractivity contribution < 1.29 is 4.79 Å². The van der Waals surface area contributed by atoms with Gasteiger partial charge in [-0.1, -0.05) is 44.2 Å². The molecular formula is C14H14OS. The molecule has 0 N–H and O–H groups in total. The van der Waals surface area contributed by atoms with Crippen LogP contribution in [-0.2, 0) is 0 Å². The Morgan fingerprint density at radius 2 is 1.88 bits per heavy atom. The van der Waals surface area contributed by atoms with Gasteiger partial charge in [0.1, 0.15) is 0 Å². The average Bonchev–Trinajstić information content (AvgIpc) is 2.74. The normalized spacial score (nSPS) is 10.7. The molecule has 2 heteroatoms. The van der Waals surface area contributed by atoms with Crippen LogP contribution in [0.5, 0.6) is 0 Å². The lowest BCUT2D eigenvalue weighted by atomic mass is 10.0. The molecule has 0 aliphatic carbocycles. The van der Waals surface area contributed by atoms with Gasteiger partial charge in [-0.3, -0.25) is 4.79 Å². The predicted molar refractivity (Wildman–Crippen MR) is 69.2 cm³/mol. The minimum absolute atomic E-state index is 0.453. The van der Waals surface area contributed by atoms with E-state index in [0.29, 0.717) is 5.92 Å². The minimum Gasteiger partial charge on any atom is -0.297 e. The van der Waals surface area contributed by atoms with Crippen LogP contribution >= 0.6 is 11.3 Å². The Balaban J connectivity index is 2.55. The first kappa shape index (κ1) is 11.1. The second kappa shape index (κ2) is 4.62. The van der Waals surface area contributed by atoms with E-state index in [1.807, 2.05) is 24.3 Å². The Bertz CT molecular complexity index is 483. The molecule has 0 aliphatic rings. The smallest absolute Gasteiger partial charge is 0.160 e. The van der Waals surface area contributed by atoms with Crippen LogP contribution in [0.25, 0.3) is 11.1 Å². The molecule has 2 aromatic rings. The van der Waals surface area contributed by atoms with Gasteiger partial charge in [0.25, 0.3) is 0 Å². The van der Waals surface area contributed by atoms with E-state index in [-0.39, 0.29) is 0 Å². The van der Waals surface area contributed by atoms with Crippen LogP contribution in [0.3, 0.4) is 0 Å². The summed E-state index contributed by atoms with van der Waals surface area (Å²) in [4.78, 5) is 12.9. The summed E-state index contributed by atoms with van der Waals surface area (Å²) in [5.74, 6) is 0.453. The summed E-state index contributed by atoms with van der Waals surface area (Å²) in [6, 6.07) is 12.2. The van der Waals surface area contributed by atoms with Gasteiger partial charge in [0.2, 0.25) is 0 Å². The number of rotatable bonds is 3. The molecule has 0 atom stereocenters. The highest BCUT2D eigenvalue weighted by molar-refractivity contribution is 7.14. The highest BCUT2D eigenvalue weighted by Gasteiger charge is 2.13. The van der Waals surface area contributed by atoms with Crippen LogP contribution in [-0.4, -0.2) is 6.29 Å². The van der Waals surface area contributed by atoms with Crippen molar-refractivity contribution in [1.29, 1.82) is 0 Å². The minimum atomic E-state index is 0.453. The average molecular weight is 230 g/mol. The van der Waals surface area contributed by atoms with Crippen molar-refractivity contribution in [2.75, 3.05) is 0 Å². The van der Waals surface area contributed by atoms with Gasteiger partial charge in [0.05, 0.1) is 4.88 Å². The third kappa shape index (κ3) is 2.07. The fourth-order valence-electron chi connectivity index (χ4n) is 1.76.